The number of nitrogens with one attached hydrogen (secondary N) is 2. The number of guanidine groups is 2. The minimum Gasteiger partial charge on any atom is -0.478 e. The number of carbonyl (C=O) groups excluding carboxylic acids is 1. The predicted molar refractivity (Wildman–Crippen MR) is 280 cm³/mol. The molecule has 1 aliphatic carbocycles. The quantitative estimate of drug-likeness (QED) is 0.0239. The first kappa shape index (κ1) is 57.0. The largest absolute Gasteiger partial charge is 0.478 e. The van der Waals surface area contributed by atoms with Crippen molar-refractivity contribution in [1.29, 1.82) is 0 Å². The summed E-state index contributed by atoms with van der Waals surface area (Å²) in [5, 5.41) is 93.2. The molecule has 74 heavy (non-hydrogen) atoms. The van der Waals surface area contributed by atoms with Crippen molar-refractivity contribution in [3.8, 4) is 0 Å². The summed E-state index contributed by atoms with van der Waals surface area (Å²) >= 11 is 0. The van der Waals surface area contributed by atoms with E-state index in [2.05, 4.69) is 15.6 Å². The van der Waals surface area contributed by atoms with E-state index in [9.17, 15) is 45.6 Å². The van der Waals surface area contributed by atoms with E-state index >= 15 is 4.79 Å². The van der Waals surface area contributed by atoms with Gasteiger partial charge in [0.15, 0.2) is 24.3 Å². The van der Waals surface area contributed by atoms with Gasteiger partial charge in [-0.1, -0.05) is 67.5 Å². The van der Waals surface area contributed by atoms with Crippen molar-refractivity contribution >= 4 is 67.0 Å². The topological polar surface area (TPSA) is 346 Å². The number of carbonyl (C=O) groups is 2. The molecule has 26 heteroatoms. The number of fused-ring (bicyclic) bond motifs is 9. The number of aliphatic hydroxyl groups excluding tert-OH is 5. The molecule has 0 unspecified atom stereocenters. The fourth-order valence-corrected chi connectivity index (χ4v) is 18.0. The van der Waals surface area contributed by atoms with Crippen LogP contribution in [0, 0.1) is 23.2 Å². The van der Waals surface area contributed by atoms with E-state index in [1.54, 1.807) is 69.2 Å². The van der Waals surface area contributed by atoms with Gasteiger partial charge in [0.25, 0.3) is 0 Å². The molecule has 0 aromatic heterocycles. The van der Waals surface area contributed by atoms with E-state index in [4.69, 9.17) is 40.1 Å². The molecule has 0 radical (unpaired) electrons. The lowest BCUT2D eigenvalue weighted by Crippen LogP contribution is -2.69. The van der Waals surface area contributed by atoms with Gasteiger partial charge < -0.3 is 91.5 Å². The second-order valence-electron chi connectivity index (χ2n) is 20.1. The number of rotatable bonds is 12. The van der Waals surface area contributed by atoms with E-state index in [1.165, 1.54) is 12.5 Å². The SMILES string of the molecule is CC(C)O[C@H]1[C@H](O[C@@H]2OC=C3C(=O)O[C@H]4CC[C@H](CO)[C@@H]4CSS[C@@H]4[C@@H]5C[C@@H]6C[C@H](CC[C@@]2(/C=C/CSS5)[C@@H]3/C=C/C2=C(NC(N)=NCCCO)C(C(=O)O)=CN(C2)[C@H]4CO)NC(N)=N6)O[C@H](CO)[C@@H](O)C1(O)O. The molecule has 7 aliphatic heterocycles. The van der Waals surface area contributed by atoms with Gasteiger partial charge in [-0.25, -0.2) is 9.59 Å². The number of aliphatic imine (C=N–C) groups is 2. The van der Waals surface area contributed by atoms with Crippen LogP contribution >= 0.6 is 43.2 Å². The zero-order chi connectivity index (χ0) is 52.9. The number of esters is 1. The third-order valence-corrected chi connectivity index (χ3v) is 20.9. The number of hydrogen-bond acceptors (Lipinski definition) is 23. The van der Waals surface area contributed by atoms with E-state index in [0.717, 1.165) is 0 Å². The van der Waals surface area contributed by atoms with Crippen LogP contribution in [0.15, 0.2) is 69.2 Å². The fraction of sp³-hybridized carbons (Fsp3) is 0.708. The van der Waals surface area contributed by atoms with Gasteiger partial charge in [0.05, 0.1) is 65.2 Å². The first-order chi connectivity index (χ1) is 35.5. The number of carboxylic acid groups (broad SMARTS) is 1. The number of hydrogen-bond donors (Lipinski definition) is 12. The summed E-state index contributed by atoms with van der Waals surface area (Å²) in [6, 6.07) is -1.25. The highest BCUT2D eigenvalue weighted by molar-refractivity contribution is 8.78. The Morgan fingerprint density at radius 1 is 1.11 bits per heavy atom. The molecule has 0 aromatic rings. The Kier molecular flexibility index (Phi) is 19.3. The molecule has 22 nitrogen and oxygen atoms in total. The fourth-order valence-electron chi connectivity index (χ4n) is 11.2. The summed E-state index contributed by atoms with van der Waals surface area (Å²) in [6.45, 7) is 2.02. The molecule has 8 aliphatic rings. The summed E-state index contributed by atoms with van der Waals surface area (Å²) < 4.78 is 32.2. The molecular formula is C48H71N7O15S4. The Morgan fingerprint density at radius 3 is 2.65 bits per heavy atom. The first-order valence-electron chi connectivity index (χ1n) is 25.1. The van der Waals surface area contributed by atoms with Crippen LogP contribution in [0.1, 0.15) is 58.8 Å². The van der Waals surface area contributed by atoms with Gasteiger partial charge in [0, 0.05) is 67.1 Å². The van der Waals surface area contributed by atoms with Crippen molar-refractivity contribution in [3.05, 3.63) is 59.2 Å². The normalized spacial score (nSPS) is 38.5. The first-order valence-corrected chi connectivity index (χ1v) is 29.9. The van der Waals surface area contributed by atoms with Crippen LogP contribution < -0.4 is 22.1 Å². The Bertz CT molecular complexity index is 2240. The van der Waals surface area contributed by atoms with Gasteiger partial charge in [0.2, 0.25) is 12.1 Å². The highest BCUT2D eigenvalue weighted by atomic mass is 33.1. The Balaban J connectivity index is 1.40. The molecule has 1 saturated heterocycles. The van der Waals surface area contributed by atoms with Crippen molar-refractivity contribution in [2.24, 2.45) is 44.6 Å². The number of allylic oxidation sites excluding steroid dienone is 1. The predicted octanol–water partition coefficient (Wildman–Crippen LogP) is 0.383. The van der Waals surface area contributed by atoms with Crippen LogP contribution in [0.2, 0.25) is 0 Å². The standard InChI is InChI=1S/C48H71N7O15S4/c1-24(2)67-40-43(69-35(21-59)39(60)48(40,64)65)70-44-47-10-3-14-71-73-36(16-28-15-27(9-11-47)52-46(50)53-28)38-33(20-58)55-17-25(37(29(18-55)41(61)62)54-45(49)51-12-4-13-56)5-7-32(47)30(22-66-44)42(63)68-34-8-6-26(19-57)31(34)23-72-74-38/h3,5,7,10,18,22,24,26-28,31-36,38-40,43-44,56-60,64-65H,4,6,8-9,11-17,19-21,23H2,1-2H3,(H,61,62)(H3,49,51,54)(H3,50,52,53)/b7-5+,10-3+/t26-,27+,28+,31+,32-,33+,34+,35-,36+,38+,39-,40+,43+,44+,47+/m1/s1. The summed E-state index contributed by atoms with van der Waals surface area (Å²) in [7, 11) is 6.32. The highest BCUT2D eigenvalue weighted by Crippen LogP contribution is 2.53. The van der Waals surface area contributed by atoms with Crippen molar-refractivity contribution in [2.75, 3.05) is 51.0 Å². The van der Waals surface area contributed by atoms with E-state index in [-0.39, 0.29) is 103 Å². The average molecular weight is 1110 g/mol. The number of nitrogens with zero attached hydrogens (tertiary/aromatic N) is 3. The monoisotopic (exact) mass is 1110 g/mol. The number of aliphatic carboxylic acids is 1. The minimum atomic E-state index is -3.00. The van der Waals surface area contributed by atoms with Crippen LogP contribution in [-0.2, 0) is 33.3 Å². The maximum atomic E-state index is 15.2. The van der Waals surface area contributed by atoms with Crippen LogP contribution in [0.25, 0.3) is 0 Å². The number of nitrogens with two attached hydrogens (primary N) is 2. The molecule has 15 atom stereocenters. The number of ether oxygens (including phenoxy) is 5. The molecule has 2 fully saturated rings. The molecule has 8 rings (SSSR count). The minimum absolute atomic E-state index is 0.0361. The Hall–Kier alpha value is -3.22. The zero-order valence-electron chi connectivity index (χ0n) is 41.3. The van der Waals surface area contributed by atoms with Gasteiger partial charge in [-0.15, -0.1) is 0 Å². The Morgan fingerprint density at radius 2 is 1.92 bits per heavy atom. The zero-order valence-corrected chi connectivity index (χ0v) is 44.6. The summed E-state index contributed by atoms with van der Waals surface area (Å²) in [5.74, 6) is -5.49. The summed E-state index contributed by atoms with van der Waals surface area (Å²) in [6.07, 6.45) is 3.38. The molecule has 7 heterocycles. The third kappa shape index (κ3) is 12.4. The number of aliphatic hydroxyl groups is 7. The molecule has 0 aromatic carbocycles. The second kappa shape index (κ2) is 25.1. The summed E-state index contributed by atoms with van der Waals surface area (Å²) in [4.78, 5) is 39.9. The van der Waals surface area contributed by atoms with Gasteiger partial charge in [-0.2, -0.15) is 0 Å². The van der Waals surface area contributed by atoms with Crippen molar-refractivity contribution < 1.29 is 74.1 Å². The highest BCUT2D eigenvalue weighted by Gasteiger charge is 2.60. The van der Waals surface area contributed by atoms with Crippen molar-refractivity contribution in [3.63, 3.8) is 0 Å². The molecule has 412 valence electrons. The lowest BCUT2D eigenvalue weighted by Gasteiger charge is -2.51. The maximum Gasteiger partial charge on any atom is 0.339 e. The number of carboxylic acids is 1. The van der Waals surface area contributed by atoms with E-state index in [1.807, 2.05) is 17.1 Å². The average Bonchev–Trinajstić information content (AvgIpc) is 3.74. The van der Waals surface area contributed by atoms with E-state index < -0.39 is 84.8 Å². The van der Waals surface area contributed by atoms with Gasteiger partial charge in [-0.05, 0) is 70.3 Å². The van der Waals surface area contributed by atoms with E-state index in [0.29, 0.717) is 55.6 Å². The van der Waals surface area contributed by atoms with Gasteiger partial charge >= 0.3 is 11.9 Å². The molecule has 8 bridgehead atoms. The van der Waals surface area contributed by atoms with Crippen molar-refractivity contribution in [2.45, 2.75) is 136 Å². The lowest BCUT2D eigenvalue weighted by atomic mass is 9.66. The van der Waals surface area contributed by atoms with Crippen LogP contribution in [0.4, 0.5) is 0 Å². The van der Waals surface area contributed by atoms with Crippen LogP contribution in [0.5, 0.6) is 0 Å². The molecule has 0 amide bonds. The molecule has 14 N–H and O–H groups in total. The Labute approximate surface area is 445 Å². The maximum absolute atomic E-state index is 15.2. The molecule has 1 spiro atoms. The third-order valence-electron chi connectivity index (χ3n) is 15.0. The summed E-state index contributed by atoms with van der Waals surface area (Å²) in [5.41, 5.74) is 11.9. The van der Waals surface area contributed by atoms with Gasteiger partial charge in [-0.3, -0.25) is 9.98 Å². The second-order valence-corrected chi connectivity index (χ2v) is 25.4. The lowest BCUT2D eigenvalue weighted by molar-refractivity contribution is -0.417. The smallest absolute Gasteiger partial charge is 0.339 e. The van der Waals surface area contributed by atoms with Crippen molar-refractivity contribution in [1.82, 2.24) is 15.5 Å². The molecular weight excluding hydrogens is 1040 g/mol. The molecule has 1 saturated carbocycles. The van der Waals surface area contributed by atoms with Crippen LogP contribution in [0.3, 0.4) is 0 Å². The van der Waals surface area contributed by atoms with Gasteiger partial charge in [0.1, 0.15) is 18.3 Å². The van der Waals surface area contributed by atoms with Crippen LogP contribution in [-0.4, -0.2) is 198 Å².